The molecule has 3 heterocycles. The van der Waals surface area contributed by atoms with Gasteiger partial charge in [-0.2, -0.15) is 0 Å². The number of nitrogens with one attached hydrogen (secondary N) is 1. The molecule has 1 aliphatic carbocycles. The van der Waals surface area contributed by atoms with Crippen molar-refractivity contribution in [1.29, 1.82) is 0 Å². The number of hydrogen-bond acceptors (Lipinski definition) is 4. The minimum atomic E-state index is -0.386. The summed E-state index contributed by atoms with van der Waals surface area (Å²) in [7, 11) is 0. The van der Waals surface area contributed by atoms with Crippen LogP contribution < -0.4 is 5.32 Å². The van der Waals surface area contributed by atoms with E-state index in [-0.39, 0.29) is 41.4 Å². The number of fused-ring (bicyclic) bond motifs is 2. The molecule has 3 atom stereocenters. The zero-order valence-corrected chi connectivity index (χ0v) is 19.6. The van der Waals surface area contributed by atoms with Gasteiger partial charge in [-0.3, -0.25) is 14.4 Å². The molecule has 3 amide bonds. The Morgan fingerprint density at radius 3 is 2.59 bits per heavy atom. The molecule has 1 aromatic heterocycles. The van der Waals surface area contributed by atoms with E-state index in [9.17, 15) is 14.4 Å². The Bertz CT molecular complexity index is 1030. The summed E-state index contributed by atoms with van der Waals surface area (Å²) < 4.78 is 5.41. The van der Waals surface area contributed by atoms with Crippen LogP contribution in [0.15, 0.2) is 47.1 Å². The van der Waals surface area contributed by atoms with Gasteiger partial charge < -0.3 is 19.5 Å². The van der Waals surface area contributed by atoms with E-state index >= 15 is 0 Å². The van der Waals surface area contributed by atoms with Crippen molar-refractivity contribution in [2.45, 2.75) is 57.5 Å². The summed E-state index contributed by atoms with van der Waals surface area (Å²) in [5.41, 5.74) is 2.50. The fraction of sp³-hybridized carbons (Fsp3) is 0.519. The summed E-state index contributed by atoms with van der Waals surface area (Å²) in [5.74, 6) is -0.483. The highest BCUT2D eigenvalue weighted by molar-refractivity contribution is 5.93. The summed E-state index contributed by atoms with van der Waals surface area (Å²) in [6.45, 7) is 2.53. The third-order valence-electron chi connectivity index (χ3n) is 7.68. The second kappa shape index (κ2) is 10.0. The van der Waals surface area contributed by atoms with Crippen LogP contribution in [0.25, 0.3) is 0 Å². The first-order valence-corrected chi connectivity index (χ1v) is 12.6. The van der Waals surface area contributed by atoms with Crippen LogP contribution in [0.1, 0.15) is 60.2 Å². The molecule has 0 spiro atoms. The van der Waals surface area contributed by atoms with E-state index in [1.807, 2.05) is 21.9 Å². The van der Waals surface area contributed by atoms with Crippen molar-refractivity contribution in [3.05, 3.63) is 59.5 Å². The van der Waals surface area contributed by atoms with Crippen LogP contribution in [-0.2, 0) is 22.6 Å². The third-order valence-corrected chi connectivity index (χ3v) is 7.68. The van der Waals surface area contributed by atoms with E-state index in [1.165, 1.54) is 17.4 Å². The highest BCUT2D eigenvalue weighted by Gasteiger charge is 2.47. The van der Waals surface area contributed by atoms with E-state index in [2.05, 4.69) is 17.4 Å². The first kappa shape index (κ1) is 22.7. The fourth-order valence-electron chi connectivity index (χ4n) is 5.85. The minimum absolute atomic E-state index is 0.0385. The van der Waals surface area contributed by atoms with Crippen LogP contribution in [0.5, 0.6) is 0 Å². The molecule has 1 N–H and O–H groups in total. The lowest BCUT2D eigenvalue weighted by molar-refractivity contribution is -0.136. The average molecular weight is 464 g/mol. The minimum Gasteiger partial charge on any atom is -0.459 e. The molecule has 2 aromatic rings. The zero-order chi connectivity index (χ0) is 23.5. The van der Waals surface area contributed by atoms with E-state index in [1.54, 1.807) is 12.1 Å². The standard InChI is InChI=1S/C27H33N3O4/c31-25-22-16-21(26(32)29-14-11-19-8-3-4-9-20(19)18-29)17-23(22)30(13-6-2-1-5-12-28-25)27(33)24-10-7-15-34-24/h3-4,7-10,15,21-23H,1-2,5-6,11-14,16-18H2,(H,28,31)/t21-,22-,23+/m1/s1. The Kier molecular flexibility index (Phi) is 6.70. The van der Waals surface area contributed by atoms with Gasteiger partial charge in [0.25, 0.3) is 5.91 Å². The van der Waals surface area contributed by atoms with Crippen LogP contribution in [0.4, 0.5) is 0 Å². The van der Waals surface area contributed by atoms with Gasteiger partial charge in [0.2, 0.25) is 11.8 Å². The van der Waals surface area contributed by atoms with Gasteiger partial charge in [0.05, 0.1) is 12.2 Å². The molecule has 2 fully saturated rings. The molecule has 180 valence electrons. The number of carbonyl (C=O) groups excluding carboxylic acids is 3. The first-order chi connectivity index (χ1) is 16.6. The molecule has 1 saturated carbocycles. The van der Waals surface area contributed by atoms with Gasteiger partial charge in [-0.15, -0.1) is 0 Å². The maximum Gasteiger partial charge on any atom is 0.289 e. The molecule has 0 radical (unpaired) electrons. The maximum absolute atomic E-state index is 13.6. The first-order valence-electron chi connectivity index (χ1n) is 12.6. The number of carbonyl (C=O) groups is 3. The topological polar surface area (TPSA) is 82.9 Å². The summed E-state index contributed by atoms with van der Waals surface area (Å²) in [6, 6.07) is 11.4. The van der Waals surface area contributed by atoms with Crippen LogP contribution >= 0.6 is 0 Å². The van der Waals surface area contributed by atoms with E-state index in [4.69, 9.17) is 4.42 Å². The Balaban J connectivity index is 1.38. The van der Waals surface area contributed by atoms with Crippen molar-refractivity contribution in [1.82, 2.24) is 15.1 Å². The SMILES string of the molecule is O=C1NCCCCCCN(C(=O)c2ccco2)[C@H]2C[C@H](C(=O)N3CCc4ccccc4C3)C[C@@H]12. The Labute approximate surface area is 200 Å². The van der Waals surface area contributed by atoms with Crippen molar-refractivity contribution >= 4 is 17.7 Å². The van der Waals surface area contributed by atoms with Crippen LogP contribution in [0.2, 0.25) is 0 Å². The second-order valence-electron chi connectivity index (χ2n) is 9.80. The smallest absolute Gasteiger partial charge is 0.289 e. The van der Waals surface area contributed by atoms with Crippen LogP contribution in [-0.4, -0.2) is 53.2 Å². The van der Waals surface area contributed by atoms with Crippen molar-refractivity contribution in [2.75, 3.05) is 19.6 Å². The van der Waals surface area contributed by atoms with Crippen molar-refractivity contribution in [3.63, 3.8) is 0 Å². The third kappa shape index (κ3) is 4.61. The van der Waals surface area contributed by atoms with Gasteiger partial charge in [0.15, 0.2) is 5.76 Å². The van der Waals surface area contributed by atoms with Gasteiger partial charge >= 0.3 is 0 Å². The molecule has 1 aromatic carbocycles. The molecule has 7 heteroatoms. The zero-order valence-electron chi connectivity index (χ0n) is 19.6. The second-order valence-corrected chi connectivity index (χ2v) is 9.80. The average Bonchev–Trinajstić information content (AvgIpc) is 3.55. The Morgan fingerprint density at radius 2 is 1.76 bits per heavy atom. The maximum atomic E-state index is 13.6. The lowest BCUT2D eigenvalue weighted by Crippen LogP contribution is -2.47. The van der Waals surface area contributed by atoms with Crippen LogP contribution in [0, 0.1) is 11.8 Å². The molecule has 2 aliphatic heterocycles. The number of amides is 3. The fourth-order valence-corrected chi connectivity index (χ4v) is 5.85. The molecule has 7 nitrogen and oxygen atoms in total. The van der Waals surface area contributed by atoms with Gasteiger partial charge in [-0.05, 0) is 55.4 Å². The summed E-state index contributed by atoms with van der Waals surface area (Å²) in [5, 5.41) is 3.07. The van der Waals surface area contributed by atoms with Crippen molar-refractivity contribution in [3.8, 4) is 0 Å². The molecule has 0 unspecified atom stereocenters. The van der Waals surface area contributed by atoms with Crippen molar-refractivity contribution < 1.29 is 18.8 Å². The molecule has 0 bridgehead atoms. The lowest BCUT2D eigenvalue weighted by atomic mass is 9.97. The number of benzene rings is 1. The van der Waals surface area contributed by atoms with E-state index in [0.717, 1.165) is 32.1 Å². The van der Waals surface area contributed by atoms with Crippen molar-refractivity contribution in [2.24, 2.45) is 11.8 Å². The predicted molar refractivity (Wildman–Crippen MR) is 127 cm³/mol. The largest absolute Gasteiger partial charge is 0.459 e. The predicted octanol–water partition coefficient (Wildman–Crippen LogP) is 3.39. The van der Waals surface area contributed by atoms with Gasteiger partial charge in [-0.25, -0.2) is 0 Å². The summed E-state index contributed by atoms with van der Waals surface area (Å²) in [4.78, 5) is 43.9. The van der Waals surface area contributed by atoms with E-state index in [0.29, 0.717) is 39.0 Å². The number of nitrogens with zero attached hydrogens (tertiary/aromatic N) is 2. The summed E-state index contributed by atoms with van der Waals surface area (Å²) >= 11 is 0. The molecular formula is C27H33N3O4. The van der Waals surface area contributed by atoms with Gasteiger partial charge in [-0.1, -0.05) is 37.1 Å². The highest BCUT2D eigenvalue weighted by atomic mass is 16.3. The highest BCUT2D eigenvalue weighted by Crippen LogP contribution is 2.38. The number of rotatable bonds is 2. The number of hydrogen-bond donors (Lipinski definition) is 1. The van der Waals surface area contributed by atoms with Crippen LogP contribution in [0.3, 0.4) is 0 Å². The quantitative estimate of drug-likeness (QED) is 0.740. The Morgan fingerprint density at radius 1 is 0.941 bits per heavy atom. The number of furan rings is 1. The van der Waals surface area contributed by atoms with E-state index < -0.39 is 0 Å². The molecule has 34 heavy (non-hydrogen) atoms. The molecule has 1 saturated heterocycles. The molecular weight excluding hydrogens is 430 g/mol. The monoisotopic (exact) mass is 463 g/mol. The van der Waals surface area contributed by atoms with Gasteiger partial charge in [0, 0.05) is 38.1 Å². The Hall–Kier alpha value is -3.09. The van der Waals surface area contributed by atoms with Gasteiger partial charge in [0.1, 0.15) is 0 Å². The normalized spacial score (nSPS) is 25.6. The summed E-state index contributed by atoms with van der Waals surface area (Å²) in [6.07, 6.45) is 7.19. The molecule has 3 aliphatic rings. The molecule has 5 rings (SSSR count). The lowest BCUT2D eigenvalue weighted by Gasteiger charge is -2.32.